The molecule has 1 N–H and O–H groups in total. The largest absolute Gasteiger partial charge is 0.497 e. The third-order valence-electron chi connectivity index (χ3n) is 8.92. The Balaban J connectivity index is 1.22. The average molecular weight is 617 g/mol. The zero-order valence-electron chi connectivity index (χ0n) is 24.7. The fourth-order valence-corrected chi connectivity index (χ4v) is 8.54. The van der Waals surface area contributed by atoms with Gasteiger partial charge < -0.3 is 14.8 Å². The van der Waals surface area contributed by atoms with E-state index >= 15 is 0 Å². The summed E-state index contributed by atoms with van der Waals surface area (Å²) in [5, 5.41) is 2.40. The number of amides is 2. The van der Waals surface area contributed by atoms with Gasteiger partial charge in [0.2, 0.25) is 5.91 Å². The molecule has 2 fully saturated rings. The van der Waals surface area contributed by atoms with Crippen molar-refractivity contribution in [2.24, 2.45) is 0 Å². The van der Waals surface area contributed by atoms with Crippen molar-refractivity contribution in [1.29, 1.82) is 0 Å². The minimum absolute atomic E-state index is 0.0594. The van der Waals surface area contributed by atoms with Crippen LogP contribution in [0.1, 0.15) is 28.7 Å². The summed E-state index contributed by atoms with van der Waals surface area (Å²) in [7, 11) is 1.60. The molecule has 0 spiro atoms. The highest BCUT2D eigenvalue weighted by molar-refractivity contribution is 8.01. The maximum atomic E-state index is 13.9. The molecule has 7 nitrogen and oxygen atoms in total. The molecule has 1 saturated carbocycles. The van der Waals surface area contributed by atoms with Crippen LogP contribution in [0.25, 0.3) is 0 Å². The third-order valence-corrected chi connectivity index (χ3v) is 10.6. The number of β-lactam (4-membered cyclic amide) rings is 1. The van der Waals surface area contributed by atoms with E-state index in [1.807, 2.05) is 91.0 Å². The van der Waals surface area contributed by atoms with E-state index in [1.54, 1.807) is 23.8 Å². The van der Waals surface area contributed by atoms with Crippen LogP contribution in [0.2, 0.25) is 0 Å². The third kappa shape index (κ3) is 5.09. The number of benzene rings is 4. The summed E-state index contributed by atoms with van der Waals surface area (Å²) in [6.07, 6.45) is 0.744. The molecule has 3 aliphatic rings. The van der Waals surface area contributed by atoms with Crippen LogP contribution < -0.4 is 10.1 Å². The Morgan fingerprint density at radius 3 is 2.04 bits per heavy atom. The zero-order chi connectivity index (χ0) is 31.0. The summed E-state index contributed by atoms with van der Waals surface area (Å²) in [5.74, 6) is -0.352. The van der Waals surface area contributed by atoms with Gasteiger partial charge in [-0.15, -0.1) is 11.8 Å². The van der Waals surface area contributed by atoms with Gasteiger partial charge in [0.05, 0.1) is 13.5 Å². The molecule has 4 aromatic rings. The summed E-state index contributed by atoms with van der Waals surface area (Å²) in [5.41, 5.74) is 4.76. The number of rotatable bonds is 9. The van der Waals surface area contributed by atoms with Gasteiger partial charge >= 0.3 is 5.97 Å². The first-order chi connectivity index (χ1) is 22.0. The zero-order valence-corrected chi connectivity index (χ0v) is 25.5. The van der Waals surface area contributed by atoms with Crippen molar-refractivity contribution in [3.8, 4) is 5.75 Å². The lowest BCUT2D eigenvalue weighted by atomic mass is 9.57. The van der Waals surface area contributed by atoms with Crippen molar-refractivity contribution in [2.75, 3.05) is 7.11 Å². The summed E-state index contributed by atoms with van der Waals surface area (Å²) < 4.78 is 11.1. The molecule has 45 heavy (non-hydrogen) atoms. The normalized spacial score (nSPS) is 21.0. The van der Waals surface area contributed by atoms with E-state index in [2.05, 4.69) is 29.6 Å². The van der Waals surface area contributed by atoms with E-state index in [9.17, 15) is 14.4 Å². The van der Waals surface area contributed by atoms with Crippen LogP contribution in [0.5, 0.6) is 5.75 Å². The first kappa shape index (κ1) is 28.9. The van der Waals surface area contributed by atoms with Crippen LogP contribution in [0, 0.1) is 0 Å². The summed E-state index contributed by atoms with van der Waals surface area (Å²) in [6, 6.07) is 36.7. The van der Waals surface area contributed by atoms with Gasteiger partial charge in [0.1, 0.15) is 29.5 Å². The van der Waals surface area contributed by atoms with Crippen LogP contribution >= 0.6 is 11.8 Å². The van der Waals surface area contributed by atoms with E-state index in [4.69, 9.17) is 9.47 Å². The van der Waals surface area contributed by atoms with Gasteiger partial charge in [-0.25, -0.2) is 4.79 Å². The van der Waals surface area contributed by atoms with Crippen molar-refractivity contribution < 1.29 is 23.9 Å². The summed E-state index contributed by atoms with van der Waals surface area (Å²) in [4.78, 5) is 42.2. The Morgan fingerprint density at radius 1 is 0.844 bits per heavy atom. The van der Waals surface area contributed by atoms with Gasteiger partial charge in [-0.05, 0) is 46.4 Å². The molecule has 226 valence electrons. The van der Waals surface area contributed by atoms with Crippen LogP contribution in [0.4, 0.5) is 0 Å². The smallest absolute Gasteiger partial charge is 0.355 e. The number of nitrogens with zero attached hydrogens (tertiary/aromatic N) is 1. The molecule has 1 saturated heterocycles. The van der Waals surface area contributed by atoms with Crippen molar-refractivity contribution in [3.63, 3.8) is 0 Å². The second kappa shape index (κ2) is 11.9. The number of fused-ring (bicyclic) bond motifs is 2. The van der Waals surface area contributed by atoms with E-state index in [-0.39, 0.29) is 30.1 Å². The van der Waals surface area contributed by atoms with Crippen LogP contribution in [0.3, 0.4) is 0 Å². The average Bonchev–Trinajstić information content (AvgIpc) is 3.08. The van der Waals surface area contributed by atoms with E-state index < -0.39 is 22.8 Å². The number of carbonyl (C=O) groups is 3. The number of hydrogen-bond acceptors (Lipinski definition) is 6. The first-order valence-corrected chi connectivity index (χ1v) is 15.9. The lowest BCUT2D eigenvalue weighted by molar-refractivity contribution is -0.153. The highest BCUT2D eigenvalue weighted by atomic mass is 32.2. The van der Waals surface area contributed by atoms with Crippen LogP contribution in [-0.2, 0) is 37.6 Å². The molecule has 8 heteroatoms. The number of thioether (sulfide) groups is 1. The van der Waals surface area contributed by atoms with Crippen LogP contribution in [-0.4, -0.2) is 46.5 Å². The molecular weight excluding hydrogens is 584 g/mol. The van der Waals surface area contributed by atoms with Gasteiger partial charge in [0.15, 0.2) is 0 Å². The van der Waals surface area contributed by atoms with Crippen molar-refractivity contribution in [3.05, 3.63) is 149 Å². The molecule has 2 amide bonds. The number of nitrogens with one attached hydrogen (secondary N) is 1. The summed E-state index contributed by atoms with van der Waals surface area (Å²) >= 11 is 1.64. The maximum absolute atomic E-state index is 13.9. The van der Waals surface area contributed by atoms with Gasteiger partial charge in [-0.2, -0.15) is 0 Å². The Morgan fingerprint density at radius 2 is 1.44 bits per heavy atom. The van der Waals surface area contributed by atoms with Gasteiger partial charge in [0, 0.05) is 10.7 Å². The fourth-order valence-electron chi connectivity index (χ4n) is 6.65. The van der Waals surface area contributed by atoms with E-state index in [0.717, 1.165) is 27.8 Å². The lowest BCUT2D eigenvalue weighted by Crippen LogP contribution is -2.73. The minimum atomic E-state index is -0.748. The van der Waals surface area contributed by atoms with Crippen molar-refractivity contribution >= 4 is 29.5 Å². The quantitative estimate of drug-likeness (QED) is 0.201. The number of methoxy groups -OCH3 is 1. The second-order valence-electron chi connectivity index (χ2n) is 11.5. The molecule has 0 unspecified atom stereocenters. The molecule has 7 rings (SSSR count). The number of carbonyl (C=O) groups excluding carboxylic acids is 3. The Labute approximate surface area is 266 Å². The molecule has 0 radical (unpaired) electrons. The molecule has 3 atom stereocenters. The fraction of sp³-hybridized carbons (Fsp3) is 0.216. The Hall–Kier alpha value is -4.82. The predicted molar refractivity (Wildman–Crippen MR) is 172 cm³/mol. The number of ether oxygens (including phenoxy) is 2. The monoisotopic (exact) mass is 616 g/mol. The topological polar surface area (TPSA) is 84.9 Å². The van der Waals surface area contributed by atoms with Gasteiger partial charge in [-0.1, -0.05) is 103 Å². The summed E-state index contributed by atoms with van der Waals surface area (Å²) in [6.45, 7) is 0.0594. The minimum Gasteiger partial charge on any atom is -0.497 e. The van der Waals surface area contributed by atoms with Gasteiger partial charge in [0.25, 0.3) is 5.91 Å². The van der Waals surface area contributed by atoms with E-state index in [1.165, 1.54) is 0 Å². The predicted octanol–water partition coefficient (Wildman–Crippen LogP) is 5.39. The van der Waals surface area contributed by atoms with E-state index in [0.29, 0.717) is 17.9 Å². The molecule has 2 heterocycles. The van der Waals surface area contributed by atoms with Crippen LogP contribution in [0.15, 0.2) is 127 Å². The molecular formula is C37H32N2O5S. The highest BCUT2D eigenvalue weighted by Crippen LogP contribution is 2.63. The molecule has 2 aliphatic heterocycles. The van der Waals surface area contributed by atoms with Crippen molar-refractivity contribution in [1.82, 2.24) is 10.2 Å². The lowest BCUT2D eigenvalue weighted by Gasteiger charge is -2.61. The first-order valence-electron chi connectivity index (χ1n) is 15.0. The molecule has 0 bridgehead atoms. The Bertz CT molecular complexity index is 1720. The second-order valence-corrected chi connectivity index (χ2v) is 12.7. The number of hydrogen-bond donors (Lipinski definition) is 1. The molecule has 1 aliphatic carbocycles. The standard InChI is InChI=1S/C37H32N2O5S/c1-43-28-19-17-25(18-20-28)23-44-36(42)32-29-22-37(26-13-7-3-8-14-26,27-15-9-4-10-16-27)33(29)45-35-31(34(41)39(32)35)38-30(40)21-24-11-5-2-6-12-24/h2-20,31,33,35H,21-23H2,1H3,(H,38,40)/t31-,33-,35-/m1/s1. The van der Waals surface area contributed by atoms with Gasteiger partial charge in [-0.3, -0.25) is 14.5 Å². The highest BCUT2D eigenvalue weighted by Gasteiger charge is 2.64. The maximum Gasteiger partial charge on any atom is 0.355 e. The molecule has 0 aromatic heterocycles. The molecule has 4 aromatic carbocycles. The number of esters is 1. The van der Waals surface area contributed by atoms with Crippen molar-refractivity contribution in [2.45, 2.75) is 41.5 Å². The SMILES string of the molecule is COc1ccc(COC(=O)C2=C3CC(c4ccccc4)(c4ccccc4)[C@@H]3S[C@@H]3[C@H](NC(=O)Cc4ccccc4)C(=O)N23)cc1. The Kier molecular flexibility index (Phi) is 7.67.